The van der Waals surface area contributed by atoms with Crippen LogP contribution in [0.1, 0.15) is 26.3 Å². The molecule has 8 nitrogen and oxygen atoms in total. The van der Waals surface area contributed by atoms with E-state index in [9.17, 15) is 19.2 Å². The van der Waals surface area contributed by atoms with Crippen LogP contribution >= 0.6 is 0 Å². The number of nitrogens with one attached hydrogen (secondary N) is 2. The molecule has 0 unspecified atom stereocenters. The third-order valence-electron chi connectivity index (χ3n) is 4.38. The van der Waals surface area contributed by atoms with Gasteiger partial charge in [-0.2, -0.15) is 0 Å². The SMILES string of the molecule is CC(C)[C@H](NC(=O)Cc1cccc2ccccc12)C(=O)O[C@@H](C)C(=O)NC(N)=O. The van der Waals surface area contributed by atoms with Crippen LogP contribution in [0.15, 0.2) is 42.5 Å². The van der Waals surface area contributed by atoms with E-state index in [2.05, 4.69) is 5.32 Å². The van der Waals surface area contributed by atoms with E-state index in [0.717, 1.165) is 16.3 Å². The van der Waals surface area contributed by atoms with Crippen LogP contribution in [0.25, 0.3) is 10.8 Å². The van der Waals surface area contributed by atoms with Crippen molar-refractivity contribution < 1.29 is 23.9 Å². The summed E-state index contributed by atoms with van der Waals surface area (Å²) in [6.07, 6.45) is -1.14. The molecule has 0 aliphatic rings. The molecule has 2 rings (SSSR count). The van der Waals surface area contributed by atoms with Crippen LogP contribution in [-0.4, -0.2) is 36.0 Å². The lowest BCUT2D eigenvalue weighted by Gasteiger charge is -2.23. The van der Waals surface area contributed by atoms with Gasteiger partial charge in [-0.1, -0.05) is 56.3 Å². The zero-order chi connectivity index (χ0) is 21.6. The van der Waals surface area contributed by atoms with E-state index in [1.807, 2.05) is 47.8 Å². The van der Waals surface area contributed by atoms with Crippen molar-refractivity contribution in [3.63, 3.8) is 0 Å². The molecule has 4 N–H and O–H groups in total. The molecule has 0 heterocycles. The summed E-state index contributed by atoms with van der Waals surface area (Å²) in [7, 11) is 0. The molecule has 0 saturated carbocycles. The molecule has 2 aromatic rings. The van der Waals surface area contributed by atoms with E-state index >= 15 is 0 Å². The van der Waals surface area contributed by atoms with Gasteiger partial charge in [-0.25, -0.2) is 9.59 Å². The third-order valence-corrected chi connectivity index (χ3v) is 4.38. The van der Waals surface area contributed by atoms with Crippen LogP contribution < -0.4 is 16.4 Å². The first kappa shape index (κ1) is 21.9. The Morgan fingerprint density at radius 3 is 2.31 bits per heavy atom. The molecule has 2 atom stereocenters. The van der Waals surface area contributed by atoms with E-state index in [4.69, 9.17) is 10.5 Å². The number of esters is 1. The Balaban J connectivity index is 2.05. The number of amides is 4. The Hall–Kier alpha value is -3.42. The second-order valence-electron chi connectivity index (χ2n) is 7.04. The molecule has 0 spiro atoms. The van der Waals surface area contributed by atoms with Crippen LogP contribution in [0, 0.1) is 5.92 Å². The minimum absolute atomic E-state index is 0.0928. The van der Waals surface area contributed by atoms with Crippen molar-refractivity contribution in [2.24, 2.45) is 11.7 Å². The molecule has 8 heteroatoms. The summed E-state index contributed by atoms with van der Waals surface area (Å²) in [5.41, 5.74) is 5.72. The number of hydrogen-bond donors (Lipinski definition) is 3. The second kappa shape index (κ2) is 9.68. The second-order valence-corrected chi connectivity index (χ2v) is 7.04. The lowest BCUT2D eigenvalue weighted by molar-refractivity contribution is -0.158. The van der Waals surface area contributed by atoms with E-state index in [0.29, 0.717) is 0 Å². The maximum atomic E-state index is 12.6. The summed E-state index contributed by atoms with van der Waals surface area (Å²) < 4.78 is 5.08. The number of nitrogens with two attached hydrogens (primary N) is 1. The molecule has 0 radical (unpaired) electrons. The smallest absolute Gasteiger partial charge is 0.329 e. The van der Waals surface area contributed by atoms with Crippen LogP contribution in [0.5, 0.6) is 0 Å². The standard InChI is InChI=1S/C21H25N3O5/c1-12(2)18(20(27)29-13(3)19(26)24-21(22)28)23-17(25)11-15-9-6-8-14-7-4-5-10-16(14)15/h4-10,12-13,18H,11H2,1-3H3,(H,23,25)(H3,22,24,26,28)/t13-,18-/m0/s1. The minimum Gasteiger partial charge on any atom is -0.451 e. The van der Waals surface area contributed by atoms with Crippen LogP contribution in [-0.2, 0) is 25.5 Å². The number of carbonyl (C=O) groups is 4. The highest BCUT2D eigenvalue weighted by Crippen LogP contribution is 2.19. The zero-order valence-corrected chi connectivity index (χ0v) is 16.6. The lowest BCUT2D eigenvalue weighted by atomic mass is 10.0. The highest BCUT2D eigenvalue weighted by atomic mass is 16.5. The van der Waals surface area contributed by atoms with Gasteiger partial charge in [-0.3, -0.25) is 14.9 Å². The van der Waals surface area contributed by atoms with Gasteiger partial charge in [0.05, 0.1) is 6.42 Å². The molecule has 4 amide bonds. The molecule has 0 aliphatic carbocycles. The Bertz CT molecular complexity index is 920. The maximum absolute atomic E-state index is 12.6. The number of imide groups is 1. The topological polar surface area (TPSA) is 128 Å². The molecule has 154 valence electrons. The van der Waals surface area contributed by atoms with Crippen molar-refractivity contribution in [3.8, 4) is 0 Å². The van der Waals surface area contributed by atoms with Gasteiger partial charge in [0.15, 0.2) is 6.10 Å². The summed E-state index contributed by atoms with van der Waals surface area (Å²) in [4.78, 5) is 47.5. The Kier molecular flexibility index (Phi) is 7.30. The Morgan fingerprint density at radius 1 is 1.00 bits per heavy atom. The number of fused-ring (bicyclic) bond motifs is 1. The summed E-state index contributed by atoms with van der Waals surface area (Å²) in [6, 6.07) is 11.4. The summed E-state index contributed by atoms with van der Waals surface area (Å²) in [6.45, 7) is 4.81. The maximum Gasteiger partial charge on any atom is 0.329 e. The van der Waals surface area contributed by atoms with Crippen molar-refractivity contribution in [1.29, 1.82) is 0 Å². The molecule has 2 aromatic carbocycles. The molecular weight excluding hydrogens is 374 g/mol. The van der Waals surface area contributed by atoms with Crippen molar-refractivity contribution in [2.75, 3.05) is 0 Å². The number of benzene rings is 2. The molecule has 0 saturated heterocycles. The number of urea groups is 1. The molecule has 0 fully saturated rings. The van der Waals surface area contributed by atoms with Crippen molar-refractivity contribution in [1.82, 2.24) is 10.6 Å². The Morgan fingerprint density at radius 2 is 1.66 bits per heavy atom. The van der Waals surface area contributed by atoms with Crippen molar-refractivity contribution >= 4 is 34.6 Å². The Labute approximate surface area is 168 Å². The minimum atomic E-state index is -1.23. The van der Waals surface area contributed by atoms with E-state index in [-0.39, 0.29) is 18.2 Å². The van der Waals surface area contributed by atoms with Gasteiger partial charge in [0.25, 0.3) is 5.91 Å². The average molecular weight is 399 g/mol. The first-order valence-electron chi connectivity index (χ1n) is 9.25. The lowest BCUT2D eigenvalue weighted by Crippen LogP contribution is -2.49. The number of rotatable bonds is 7. The van der Waals surface area contributed by atoms with Crippen LogP contribution in [0.4, 0.5) is 4.79 Å². The van der Waals surface area contributed by atoms with Gasteiger partial charge in [0.1, 0.15) is 6.04 Å². The fraction of sp³-hybridized carbons (Fsp3) is 0.333. The van der Waals surface area contributed by atoms with Gasteiger partial charge in [-0.15, -0.1) is 0 Å². The van der Waals surface area contributed by atoms with Crippen molar-refractivity contribution in [3.05, 3.63) is 48.0 Å². The van der Waals surface area contributed by atoms with Crippen LogP contribution in [0.2, 0.25) is 0 Å². The van der Waals surface area contributed by atoms with E-state index in [1.165, 1.54) is 6.92 Å². The first-order valence-corrected chi connectivity index (χ1v) is 9.25. The fourth-order valence-corrected chi connectivity index (χ4v) is 2.87. The predicted molar refractivity (Wildman–Crippen MR) is 108 cm³/mol. The van der Waals surface area contributed by atoms with Crippen molar-refractivity contribution in [2.45, 2.75) is 39.3 Å². The van der Waals surface area contributed by atoms with Crippen LogP contribution in [0.3, 0.4) is 0 Å². The normalized spacial score (nSPS) is 12.8. The molecular formula is C21H25N3O5. The van der Waals surface area contributed by atoms with E-state index in [1.54, 1.807) is 13.8 Å². The number of ether oxygens (including phenoxy) is 1. The van der Waals surface area contributed by atoms with Gasteiger partial charge in [-0.05, 0) is 29.2 Å². The number of primary amides is 1. The first-order chi connectivity index (χ1) is 13.7. The van der Waals surface area contributed by atoms with E-state index < -0.39 is 30.1 Å². The number of hydrogen-bond acceptors (Lipinski definition) is 5. The highest BCUT2D eigenvalue weighted by molar-refractivity contribution is 5.97. The molecule has 0 bridgehead atoms. The largest absolute Gasteiger partial charge is 0.451 e. The monoisotopic (exact) mass is 399 g/mol. The average Bonchev–Trinajstić information content (AvgIpc) is 2.65. The zero-order valence-electron chi connectivity index (χ0n) is 16.6. The molecule has 0 aromatic heterocycles. The fourth-order valence-electron chi connectivity index (χ4n) is 2.87. The van der Waals surface area contributed by atoms with Gasteiger partial charge < -0.3 is 15.8 Å². The molecule has 0 aliphatic heterocycles. The summed E-state index contributed by atoms with van der Waals surface area (Å²) in [5, 5.41) is 6.50. The van der Waals surface area contributed by atoms with Gasteiger partial charge >= 0.3 is 12.0 Å². The predicted octanol–water partition coefficient (Wildman–Crippen LogP) is 1.65. The summed E-state index contributed by atoms with van der Waals surface area (Å²) >= 11 is 0. The van der Waals surface area contributed by atoms with Gasteiger partial charge in [0, 0.05) is 0 Å². The third kappa shape index (κ3) is 6.03. The number of carbonyl (C=O) groups excluding carboxylic acids is 4. The highest BCUT2D eigenvalue weighted by Gasteiger charge is 2.29. The molecule has 29 heavy (non-hydrogen) atoms. The summed E-state index contributed by atoms with van der Waals surface area (Å²) in [5.74, 6) is -2.22. The van der Waals surface area contributed by atoms with Gasteiger partial charge in [0.2, 0.25) is 5.91 Å². The quantitative estimate of drug-likeness (QED) is 0.610.